The molecule has 138 valence electrons. The molecule has 0 bridgehead atoms. The Balaban J connectivity index is 1.71. The van der Waals surface area contributed by atoms with Crippen molar-refractivity contribution in [2.75, 3.05) is 0 Å². The summed E-state index contributed by atoms with van der Waals surface area (Å²) in [6.45, 7) is 0. The fourth-order valence-corrected chi connectivity index (χ4v) is 4.51. The molecule has 4 rings (SSSR count). The van der Waals surface area contributed by atoms with Crippen LogP contribution in [0.4, 0.5) is 4.39 Å². The summed E-state index contributed by atoms with van der Waals surface area (Å²) in [5, 5.41) is 0. The number of hydrogen-bond acceptors (Lipinski definition) is 1. The van der Waals surface area contributed by atoms with E-state index >= 15 is 0 Å². The highest BCUT2D eigenvalue weighted by molar-refractivity contribution is 9.10. The SMILES string of the molecule is Bc1ccccc1C1=CC(=O)CC(c2cc(-c3cccc(F)c3)ccc2Br)C1. The first-order chi connectivity index (χ1) is 13.5. The van der Waals surface area contributed by atoms with Gasteiger partial charge in [0.1, 0.15) is 13.7 Å². The molecular weight excluding hydrogens is 414 g/mol. The fourth-order valence-electron chi connectivity index (χ4n) is 3.94. The highest BCUT2D eigenvalue weighted by Gasteiger charge is 2.25. The van der Waals surface area contributed by atoms with Crippen LogP contribution in [0.5, 0.6) is 0 Å². The van der Waals surface area contributed by atoms with Gasteiger partial charge in [0, 0.05) is 10.9 Å². The number of halogens is 2. The molecule has 0 radical (unpaired) electrons. The van der Waals surface area contributed by atoms with E-state index in [1.807, 2.05) is 30.3 Å². The molecule has 1 aliphatic carbocycles. The molecule has 4 heteroatoms. The van der Waals surface area contributed by atoms with E-state index in [1.54, 1.807) is 12.1 Å². The van der Waals surface area contributed by atoms with Gasteiger partial charge in [-0.25, -0.2) is 4.39 Å². The average Bonchev–Trinajstić information content (AvgIpc) is 2.68. The lowest BCUT2D eigenvalue weighted by Gasteiger charge is -2.25. The monoisotopic (exact) mass is 432 g/mol. The van der Waals surface area contributed by atoms with Crippen molar-refractivity contribution < 1.29 is 9.18 Å². The topological polar surface area (TPSA) is 17.1 Å². The van der Waals surface area contributed by atoms with Crippen LogP contribution in [0.3, 0.4) is 0 Å². The average molecular weight is 433 g/mol. The van der Waals surface area contributed by atoms with Crippen LogP contribution in [-0.4, -0.2) is 13.6 Å². The van der Waals surface area contributed by atoms with E-state index < -0.39 is 0 Å². The van der Waals surface area contributed by atoms with Crippen LogP contribution in [-0.2, 0) is 4.79 Å². The van der Waals surface area contributed by atoms with Gasteiger partial charge in [0.25, 0.3) is 0 Å². The van der Waals surface area contributed by atoms with E-state index in [2.05, 4.69) is 42.0 Å². The molecule has 1 unspecified atom stereocenters. The lowest BCUT2D eigenvalue weighted by atomic mass is 9.77. The van der Waals surface area contributed by atoms with Gasteiger partial charge in [0.05, 0.1) is 0 Å². The molecule has 1 atom stereocenters. The first-order valence-electron chi connectivity index (χ1n) is 9.36. The van der Waals surface area contributed by atoms with Crippen molar-refractivity contribution in [2.45, 2.75) is 18.8 Å². The summed E-state index contributed by atoms with van der Waals surface area (Å²) in [6.07, 6.45) is 3.09. The zero-order valence-electron chi connectivity index (χ0n) is 15.6. The van der Waals surface area contributed by atoms with Crippen molar-refractivity contribution in [3.05, 3.63) is 94.2 Å². The van der Waals surface area contributed by atoms with Gasteiger partial charge in [-0.15, -0.1) is 0 Å². The summed E-state index contributed by atoms with van der Waals surface area (Å²) in [5.41, 5.74) is 6.28. The smallest absolute Gasteiger partial charge is 0.156 e. The zero-order chi connectivity index (χ0) is 19.7. The van der Waals surface area contributed by atoms with Crippen molar-refractivity contribution in [1.82, 2.24) is 0 Å². The second-order valence-electron chi connectivity index (χ2n) is 7.30. The van der Waals surface area contributed by atoms with E-state index in [0.29, 0.717) is 6.42 Å². The predicted octanol–water partition coefficient (Wildman–Crippen LogP) is 5.04. The molecule has 0 spiro atoms. The molecule has 0 saturated heterocycles. The summed E-state index contributed by atoms with van der Waals surface area (Å²) < 4.78 is 14.6. The van der Waals surface area contributed by atoms with Gasteiger partial charge in [-0.05, 0) is 70.5 Å². The quantitative estimate of drug-likeness (QED) is 0.529. The van der Waals surface area contributed by atoms with Crippen molar-refractivity contribution in [3.63, 3.8) is 0 Å². The van der Waals surface area contributed by atoms with Crippen molar-refractivity contribution in [1.29, 1.82) is 0 Å². The summed E-state index contributed by atoms with van der Waals surface area (Å²) in [6, 6.07) is 20.8. The summed E-state index contributed by atoms with van der Waals surface area (Å²) >= 11 is 3.66. The van der Waals surface area contributed by atoms with Gasteiger partial charge < -0.3 is 0 Å². The third-order valence-corrected chi connectivity index (χ3v) is 6.06. The van der Waals surface area contributed by atoms with Gasteiger partial charge in [-0.3, -0.25) is 4.79 Å². The molecule has 1 nitrogen and oxygen atoms in total. The molecule has 0 aromatic heterocycles. The maximum atomic E-state index is 13.7. The minimum Gasteiger partial charge on any atom is -0.295 e. The Morgan fingerprint density at radius 3 is 2.50 bits per heavy atom. The van der Waals surface area contributed by atoms with Crippen LogP contribution in [0.25, 0.3) is 16.7 Å². The minimum atomic E-state index is -0.250. The van der Waals surface area contributed by atoms with Gasteiger partial charge in [0.2, 0.25) is 0 Å². The van der Waals surface area contributed by atoms with Crippen molar-refractivity contribution >= 4 is 40.6 Å². The highest BCUT2D eigenvalue weighted by Crippen LogP contribution is 2.40. The number of carbonyl (C=O) groups is 1. The number of rotatable bonds is 3. The maximum absolute atomic E-state index is 13.7. The van der Waals surface area contributed by atoms with E-state index in [-0.39, 0.29) is 17.5 Å². The van der Waals surface area contributed by atoms with Crippen LogP contribution in [0.1, 0.15) is 29.9 Å². The van der Waals surface area contributed by atoms with E-state index in [1.165, 1.54) is 17.6 Å². The van der Waals surface area contributed by atoms with Crippen LogP contribution in [0, 0.1) is 5.82 Å². The van der Waals surface area contributed by atoms with Crippen molar-refractivity contribution in [3.8, 4) is 11.1 Å². The molecule has 0 amide bonds. The lowest BCUT2D eigenvalue weighted by Crippen LogP contribution is -2.17. The second kappa shape index (κ2) is 7.88. The van der Waals surface area contributed by atoms with E-state index in [0.717, 1.165) is 38.7 Å². The zero-order valence-corrected chi connectivity index (χ0v) is 17.2. The van der Waals surface area contributed by atoms with E-state index in [4.69, 9.17) is 0 Å². The predicted molar refractivity (Wildman–Crippen MR) is 119 cm³/mol. The Morgan fingerprint density at radius 2 is 1.71 bits per heavy atom. The number of carbonyl (C=O) groups excluding carboxylic acids is 1. The first kappa shape index (κ1) is 18.9. The Labute approximate surface area is 173 Å². The molecule has 3 aromatic rings. The fraction of sp³-hybridized carbons (Fsp3) is 0.125. The summed E-state index contributed by atoms with van der Waals surface area (Å²) in [7, 11) is 2.07. The van der Waals surface area contributed by atoms with Crippen LogP contribution >= 0.6 is 15.9 Å². The number of allylic oxidation sites excluding steroid dienone is 2. The van der Waals surface area contributed by atoms with Crippen molar-refractivity contribution in [2.24, 2.45) is 0 Å². The molecule has 1 aliphatic rings. The van der Waals surface area contributed by atoms with Crippen LogP contribution in [0.15, 0.2) is 77.3 Å². The Hall–Kier alpha value is -2.46. The normalized spacial score (nSPS) is 16.7. The van der Waals surface area contributed by atoms with Gasteiger partial charge in [-0.1, -0.05) is 63.9 Å². The second-order valence-corrected chi connectivity index (χ2v) is 8.16. The largest absolute Gasteiger partial charge is 0.295 e. The molecule has 0 heterocycles. The summed E-state index contributed by atoms with van der Waals surface area (Å²) in [4.78, 5) is 12.5. The Kier molecular flexibility index (Phi) is 5.32. The van der Waals surface area contributed by atoms with Gasteiger partial charge >= 0.3 is 0 Å². The molecular formula is C24H19BBrFO. The van der Waals surface area contributed by atoms with Crippen LogP contribution in [0.2, 0.25) is 0 Å². The minimum absolute atomic E-state index is 0.0926. The molecule has 28 heavy (non-hydrogen) atoms. The maximum Gasteiger partial charge on any atom is 0.156 e. The third-order valence-electron chi connectivity index (χ3n) is 5.33. The Bertz CT molecular complexity index is 1090. The molecule has 0 aliphatic heterocycles. The van der Waals surface area contributed by atoms with Gasteiger partial charge in [0.15, 0.2) is 5.78 Å². The molecule has 0 saturated carbocycles. The van der Waals surface area contributed by atoms with Crippen LogP contribution < -0.4 is 5.46 Å². The van der Waals surface area contributed by atoms with E-state index in [9.17, 15) is 9.18 Å². The molecule has 3 aromatic carbocycles. The Morgan fingerprint density at radius 1 is 0.929 bits per heavy atom. The third kappa shape index (κ3) is 3.88. The standard InChI is InChI=1S/C24H19BBrFO/c25-23-7-2-1-6-21(23)17-10-18(13-20(28)12-17)22-14-16(8-9-24(22)26)15-4-3-5-19(27)11-15/h1-9,11-12,14,18H,10,13,25H2. The van der Waals surface area contributed by atoms with Gasteiger partial charge in [-0.2, -0.15) is 0 Å². The first-order valence-corrected chi connectivity index (χ1v) is 10.2. The summed E-state index contributed by atoms with van der Waals surface area (Å²) in [5.74, 6) is -0.00728. The number of hydrogen-bond donors (Lipinski definition) is 0. The molecule has 0 fully saturated rings. The lowest BCUT2D eigenvalue weighted by molar-refractivity contribution is -0.115. The highest BCUT2D eigenvalue weighted by atomic mass is 79.9. The molecule has 0 N–H and O–H groups in total. The number of benzene rings is 3. The number of ketones is 1.